The standard InChI is InChI=1S/C12H18N4O2/c1-18-12(17)11-15-7-4-10(16-11)14-6-3-9-2-5-13-8-9/h4,7,9,13H,2-3,5-6,8H2,1H3,(H,14,15,16). The molecule has 2 N–H and O–H groups in total. The van der Waals surface area contributed by atoms with Gasteiger partial charge < -0.3 is 15.4 Å². The molecule has 1 aromatic heterocycles. The number of hydrogen-bond acceptors (Lipinski definition) is 6. The van der Waals surface area contributed by atoms with Gasteiger partial charge in [-0.05, 0) is 37.9 Å². The van der Waals surface area contributed by atoms with Crippen molar-refractivity contribution in [3.8, 4) is 0 Å². The van der Waals surface area contributed by atoms with Gasteiger partial charge in [-0.15, -0.1) is 0 Å². The third-order valence-corrected chi connectivity index (χ3v) is 3.04. The number of nitrogens with zero attached hydrogens (tertiary/aromatic N) is 2. The van der Waals surface area contributed by atoms with Gasteiger partial charge in [-0.1, -0.05) is 0 Å². The minimum Gasteiger partial charge on any atom is -0.463 e. The Hall–Kier alpha value is -1.69. The Kier molecular flexibility index (Phi) is 4.46. The number of ether oxygens (including phenoxy) is 1. The van der Waals surface area contributed by atoms with E-state index in [1.54, 1.807) is 12.3 Å². The summed E-state index contributed by atoms with van der Waals surface area (Å²) < 4.78 is 4.58. The van der Waals surface area contributed by atoms with E-state index in [0.29, 0.717) is 5.82 Å². The van der Waals surface area contributed by atoms with Crippen molar-refractivity contribution in [3.05, 3.63) is 18.1 Å². The van der Waals surface area contributed by atoms with Gasteiger partial charge >= 0.3 is 5.97 Å². The fourth-order valence-corrected chi connectivity index (χ4v) is 2.01. The predicted octanol–water partition coefficient (Wildman–Crippen LogP) is 0.675. The van der Waals surface area contributed by atoms with E-state index in [1.807, 2.05) is 0 Å². The lowest BCUT2D eigenvalue weighted by Gasteiger charge is -2.09. The second-order valence-electron chi connectivity index (χ2n) is 4.33. The van der Waals surface area contributed by atoms with Gasteiger partial charge in [0, 0.05) is 12.7 Å². The molecule has 0 spiro atoms. The average molecular weight is 250 g/mol. The molecule has 0 aliphatic carbocycles. The maximum absolute atomic E-state index is 11.3. The van der Waals surface area contributed by atoms with Crippen LogP contribution in [-0.4, -0.2) is 42.7 Å². The van der Waals surface area contributed by atoms with Crippen LogP contribution in [0.5, 0.6) is 0 Å². The van der Waals surface area contributed by atoms with Crippen LogP contribution in [0, 0.1) is 5.92 Å². The number of aromatic nitrogens is 2. The van der Waals surface area contributed by atoms with Crippen LogP contribution < -0.4 is 10.6 Å². The molecule has 0 radical (unpaired) electrons. The number of carbonyl (C=O) groups excluding carboxylic acids is 1. The van der Waals surface area contributed by atoms with Crippen LogP contribution in [0.1, 0.15) is 23.5 Å². The second-order valence-corrected chi connectivity index (χ2v) is 4.33. The van der Waals surface area contributed by atoms with Crippen LogP contribution >= 0.6 is 0 Å². The Morgan fingerprint density at radius 3 is 3.28 bits per heavy atom. The molecule has 1 fully saturated rings. The van der Waals surface area contributed by atoms with Gasteiger partial charge in [-0.2, -0.15) is 0 Å². The highest BCUT2D eigenvalue weighted by molar-refractivity contribution is 5.85. The van der Waals surface area contributed by atoms with Gasteiger partial charge in [-0.3, -0.25) is 0 Å². The number of rotatable bonds is 5. The number of anilines is 1. The third kappa shape index (κ3) is 3.40. The molecule has 0 amide bonds. The smallest absolute Gasteiger partial charge is 0.376 e. The lowest BCUT2D eigenvalue weighted by atomic mass is 10.1. The molecule has 6 nitrogen and oxygen atoms in total. The first-order chi connectivity index (χ1) is 8.79. The molecule has 0 bridgehead atoms. The van der Waals surface area contributed by atoms with E-state index in [-0.39, 0.29) is 5.82 Å². The summed E-state index contributed by atoms with van der Waals surface area (Å²) in [5.41, 5.74) is 0. The van der Waals surface area contributed by atoms with E-state index in [9.17, 15) is 4.79 Å². The van der Waals surface area contributed by atoms with Crippen molar-refractivity contribution in [3.63, 3.8) is 0 Å². The lowest BCUT2D eigenvalue weighted by Crippen LogP contribution is -2.14. The van der Waals surface area contributed by atoms with E-state index in [4.69, 9.17) is 0 Å². The predicted molar refractivity (Wildman–Crippen MR) is 67.5 cm³/mol. The van der Waals surface area contributed by atoms with Gasteiger partial charge in [0.2, 0.25) is 5.82 Å². The molecule has 0 saturated carbocycles. The molecule has 1 aliphatic heterocycles. The molecule has 2 rings (SSSR count). The fourth-order valence-electron chi connectivity index (χ4n) is 2.01. The van der Waals surface area contributed by atoms with Crippen LogP contribution in [0.25, 0.3) is 0 Å². The second kappa shape index (κ2) is 6.30. The Balaban J connectivity index is 1.83. The van der Waals surface area contributed by atoms with Crippen LogP contribution in [0.3, 0.4) is 0 Å². The average Bonchev–Trinajstić information content (AvgIpc) is 2.91. The lowest BCUT2D eigenvalue weighted by molar-refractivity contribution is 0.0587. The van der Waals surface area contributed by atoms with Crippen LogP contribution in [-0.2, 0) is 4.74 Å². The van der Waals surface area contributed by atoms with Crippen molar-refractivity contribution in [1.29, 1.82) is 0 Å². The first-order valence-electron chi connectivity index (χ1n) is 6.15. The number of esters is 1. The van der Waals surface area contributed by atoms with Gasteiger partial charge in [0.15, 0.2) is 0 Å². The van der Waals surface area contributed by atoms with E-state index >= 15 is 0 Å². The maximum Gasteiger partial charge on any atom is 0.376 e. The van der Waals surface area contributed by atoms with Crippen LogP contribution in [0.15, 0.2) is 12.3 Å². The summed E-state index contributed by atoms with van der Waals surface area (Å²) in [6.07, 6.45) is 3.89. The summed E-state index contributed by atoms with van der Waals surface area (Å²) in [6, 6.07) is 1.75. The first kappa shape index (κ1) is 12.8. The zero-order valence-electron chi connectivity index (χ0n) is 10.5. The molecule has 1 aliphatic rings. The van der Waals surface area contributed by atoms with E-state index in [0.717, 1.165) is 32.0 Å². The SMILES string of the molecule is COC(=O)c1nccc(NCCC2CCNC2)n1. The van der Waals surface area contributed by atoms with Crippen molar-refractivity contribution in [2.75, 3.05) is 32.1 Å². The summed E-state index contributed by atoms with van der Waals surface area (Å²) in [6.45, 7) is 3.06. The maximum atomic E-state index is 11.3. The molecule has 6 heteroatoms. The summed E-state index contributed by atoms with van der Waals surface area (Å²) in [5.74, 6) is 0.972. The molecular formula is C12H18N4O2. The third-order valence-electron chi connectivity index (χ3n) is 3.04. The highest BCUT2D eigenvalue weighted by Gasteiger charge is 2.14. The summed E-state index contributed by atoms with van der Waals surface area (Å²) in [5, 5.41) is 6.54. The number of hydrogen-bond donors (Lipinski definition) is 2. The molecule has 1 saturated heterocycles. The monoisotopic (exact) mass is 250 g/mol. The van der Waals surface area contributed by atoms with Crippen LogP contribution in [0.2, 0.25) is 0 Å². The van der Waals surface area contributed by atoms with Crippen molar-refractivity contribution < 1.29 is 9.53 Å². The van der Waals surface area contributed by atoms with Gasteiger partial charge in [-0.25, -0.2) is 14.8 Å². The van der Waals surface area contributed by atoms with Gasteiger partial charge in [0.05, 0.1) is 7.11 Å². The molecule has 1 aromatic rings. The molecule has 1 unspecified atom stereocenters. The molecule has 18 heavy (non-hydrogen) atoms. The van der Waals surface area contributed by atoms with Crippen molar-refractivity contribution >= 4 is 11.8 Å². The van der Waals surface area contributed by atoms with E-state index < -0.39 is 5.97 Å². The zero-order chi connectivity index (χ0) is 12.8. The number of methoxy groups -OCH3 is 1. The zero-order valence-corrected chi connectivity index (χ0v) is 10.5. The highest BCUT2D eigenvalue weighted by Crippen LogP contribution is 2.12. The Morgan fingerprint density at radius 2 is 2.56 bits per heavy atom. The van der Waals surface area contributed by atoms with Crippen molar-refractivity contribution in [1.82, 2.24) is 15.3 Å². The van der Waals surface area contributed by atoms with Crippen molar-refractivity contribution in [2.45, 2.75) is 12.8 Å². The van der Waals surface area contributed by atoms with E-state index in [1.165, 1.54) is 13.5 Å². The summed E-state index contributed by atoms with van der Waals surface area (Å²) in [4.78, 5) is 19.2. The molecule has 0 aromatic carbocycles. The van der Waals surface area contributed by atoms with Crippen LogP contribution in [0.4, 0.5) is 5.82 Å². The quantitative estimate of drug-likeness (QED) is 0.748. The van der Waals surface area contributed by atoms with Gasteiger partial charge in [0.25, 0.3) is 0 Å². The highest BCUT2D eigenvalue weighted by atomic mass is 16.5. The number of nitrogens with one attached hydrogen (secondary N) is 2. The topological polar surface area (TPSA) is 76.1 Å². The van der Waals surface area contributed by atoms with Gasteiger partial charge in [0.1, 0.15) is 5.82 Å². The first-order valence-corrected chi connectivity index (χ1v) is 6.15. The largest absolute Gasteiger partial charge is 0.463 e. The summed E-state index contributed by atoms with van der Waals surface area (Å²) in [7, 11) is 1.32. The molecular weight excluding hydrogens is 232 g/mol. The molecule has 98 valence electrons. The molecule has 1 atom stereocenters. The minimum atomic E-state index is -0.515. The normalized spacial score (nSPS) is 18.6. The molecule has 2 heterocycles. The summed E-state index contributed by atoms with van der Waals surface area (Å²) >= 11 is 0. The Labute approximate surface area is 106 Å². The van der Waals surface area contributed by atoms with E-state index in [2.05, 4.69) is 25.3 Å². The minimum absolute atomic E-state index is 0.0880. The Morgan fingerprint density at radius 1 is 1.67 bits per heavy atom. The fraction of sp³-hybridized carbons (Fsp3) is 0.583. The van der Waals surface area contributed by atoms with Crippen molar-refractivity contribution in [2.24, 2.45) is 5.92 Å². The Bertz CT molecular complexity index is 405. The number of carbonyl (C=O) groups is 1.